The molecule has 210 valence electrons. The van der Waals surface area contributed by atoms with E-state index in [1.165, 1.54) is 0 Å². The number of rotatable bonds is 9. The van der Waals surface area contributed by atoms with Gasteiger partial charge in [-0.1, -0.05) is 0 Å². The molecule has 1 aliphatic carbocycles. The van der Waals surface area contributed by atoms with Crippen molar-refractivity contribution in [2.75, 3.05) is 8.43 Å². The number of allylic oxidation sites excluding steroid dienone is 2. The molecule has 5 rings (SSSR count). The van der Waals surface area contributed by atoms with E-state index in [4.69, 9.17) is 5.73 Å². The number of alkyl halides is 3. The summed E-state index contributed by atoms with van der Waals surface area (Å²) in [5.74, 6) is -0.0940. The van der Waals surface area contributed by atoms with Crippen LogP contribution in [0.25, 0.3) is 0 Å². The first kappa shape index (κ1) is 28.3. The third-order valence-corrected chi connectivity index (χ3v) is 9.58. The molecule has 1 unspecified atom stereocenters. The van der Waals surface area contributed by atoms with E-state index >= 15 is 0 Å². The third kappa shape index (κ3) is 6.39. The van der Waals surface area contributed by atoms with Crippen molar-refractivity contribution in [1.82, 2.24) is 4.98 Å². The Bertz CT molecular complexity index is 1440. The fourth-order valence-electron chi connectivity index (χ4n) is 4.59. The van der Waals surface area contributed by atoms with Gasteiger partial charge in [-0.2, -0.15) is 0 Å². The molecule has 1 saturated carbocycles. The number of amides is 1. The Balaban J connectivity index is 1.45. The molecule has 0 spiro atoms. The first-order valence-electron chi connectivity index (χ1n) is 12.9. The van der Waals surface area contributed by atoms with Gasteiger partial charge in [0.05, 0.1) is 0 Å². The summed E-state index contributed by atoms with van der Waals surface area (Å²) in [5.41, 5.74) is 6.28. The van der Waals surface area contributed by atoms with Gasteiger partial charge in [0.15, 0.2) is 0 Å². The van der Waals surface area contributed by atoms with E-state index in [1.807, 2.05) is 12.1 Å². The number of hydrogen-bond donors (Lipinski definition) is 3. The maximum atomic E-state index is 13.6. The number of nitrogens with one attached hydrogen (secondary N) is 1. The van der Waals surface area contributed by atoms with Crippen LogP contribution in [-0.4, -0.2) is 22.2 Å². The normalized spacial score (nSPS) is 17.3. The Morgan fingerprint density at radius 3 is 2.60 bits per heavy atom. The molecule has 4 N–H and O–H groups in total. The fourth-order valence-corrected chi connectivity index (χ4v) is 6.98. The van der Waals surface area contributed by atoms with Gasteiger partial charge >= 0.3 is 242 Å². The second-order valence-electron chi connectivity index (χ2n) is 9.94. The van der Waals surface area contributed by atoms with Crippen LogP contribution in [-0.2, 0) is 16.9 Å². The van der Waals surface area contributed by atoms with E-state index in [0.29, 0.717) is 35.0 Å². The van der Waals surface area contributed by atoms with E-state index in [0.717, 1.165) is 35.0 Å². The molecule has 1 amide bonds. The second-order valence-corrected chi connectivity index (χ2v) is 12.1. The topological polar surface area (TPSA) is 91.5 Å². The zero-order valence-electron chi connectivity index (χ0n) is 21.5. The van der Waals surface area contributed by atoms with E-state index in [2.05, 4.69) is 10.3 Å². The summed E-state index contributed by atoms with van der Waals surface area (Å²) in [6, 6.07) is 19.3. The Morgan fingerprint density at radius 2 is 1.90 bits per heavy atom. The quantitative estimate of drug-likeness (QED) is 0.243. The van der Waals surface area contributed by atoms with Crippen LogP contribution in [0.5, 0.6) is 0 Å². The predicted molar refractivity (Wildman–Crippen MR) is 143 cm³/mol. The van der Waals surface area contributed by atoms with Crippen LogP contribution in [0.15, 0.2) is 94.4 Å². The van der Waals surface area contributed by atoms with Crippen LogP contribution in [0.2, 0.25) is 0 Å². The van der Waals surface area contributed by atoms with E-state index in [1.54, 1.807) is 63.9 Å². The molecule has 0 bridgehead atoms. The standard InChI is InChI=1S/C30H29F3IN4O2/c31-30(32,33)23-17-26(38(34-18-23)25-8-3-5-21(15-25)19-35)28(39)37-24-7-4-6-22(16-24)29(40,13-12-20-10-11-20)27-9-1-2-14-36-27/h1-9,14-18,20,40H,10-13,19,35H2,(H,37,39)/q-1. The van der Waals surface area contributed by atoms with E-state index in [9.17, 15) is 23.1 Å². The van der Waals surface area contributed by atoms with E-state index < -0.39 is 44.7 Å². The van der Waals surface area contributed by atoms with E-state index in [-0.39, 0.29) is 12.2 Å². The average Bonchev–Trinajstić information content (AvgIpc) is 3.80. The predicted octanol–water partition coefficient (Wildman–Crippen LogP) is 2.76. The SMILES string of the molecule is NCc1cccc(N2[I-]C=C(C(F)(F)F)C=C2C(=O)Nc2cccc(C(O)(CCC3CC3)c3ccccn3)c2)c1. The molecule has 0 saturated heterocycles. The number of anilines is 2. The van der Waals surface area contributed by atoms with Crippen molar-refractivity contribution in [3.05, 3.63) is 111 Å². The van der Waals surface area contributed by atoms with Gasteiger partial charge in [-0.05, 0) is 0 Å². The number of hydrogen-bond acceptors (Lipinski definition) is 5. The number of pyridine rings is 1. The van der Waals surface area contributed by atoms with Gasteiger partial charge in [-0.15, -0.1) is 0 Å². The monoisotopic (exact) mass is 661 g/mol. The molecule has 6 nitrogen and oxygen atoms in total. The van der Waals surface area contributed by atoms with Gasteiger partial charge in [0.25, 0.3) is 0 Å². The van der Waals surface area contributed by atoms with Crippen molar-refractivity contribution in [2.45, 2.75) is 44.0 Å². The van der Waals surface area contributed by atoms with Crippen molar-refractivity contribution in [3.8, 4) is 0 Å². The second kappa shape index (κ2) is 11.7. The van der Waals surface area contributed by atoms with Crippen LogP contribution >= 0.6 is 0 Å². The molecule has 1 aliphatic heterocycles. The Kier molecular flexibility index (Phi) is 8.29. The minimum absolute atomic E-state index is 0.101. The fraction of sp³-hybridized carbons (Fsp3) is 0.267. The van der Waals surface area contributed by atoms with Gasteiger partial charge < -0.3 is 0 Å². The molecule has 3 aromatic rings. The molecule has 40 heavy (non-hydrogen) atoms. The Morgan fingerprint density at radius 1 is 1.10 bits per heavy atom. The maximum absolute atomic E-state index is 13.6. The van der Waals surface area contributed by atoms with Crippen LogP contribution in [0.1, 0.15) is 42.5 Å². The van der Waals surface area contributed by atoms with Gasteiger partial charge in [-0.3, -0.25) is 0 Å². The molecule has 1 aromatic heterocycles. The summed E-state index contributed by atoms with van der Waals surface area (Å²) < 4.78 is 43.7. The molecule has 1 fully saturated rings. The Labute approximate surface area is 241 Å². The van der Waals surface area contributed by atoms with Crippen LogP contribution in [0.4, 0.5) is 24.5 Å². The zero-order chi connectivity index (χ0) is 28.3. The number of carbonyl (C=O) groups excluding carboxylic acids is 1. The molecule has 2 aromatic carbocycles. The number of aliphatic hydroxyl groups is 1. The van der Waals surface area contributed by atoms with Crippen molar-refractivity contribution < 1.29 is 44.6 Å². The number of halogens is 4. The summed E-state index contributed by atoms with van der Waals surface area (Å²) >= 11 is -1.33. The van der Waals surface area contributed by atoms with Gasteiger partial charge in [-0.25, -0.2) is 0 Å². The summed E-state index contributed by atoms with van der Waals surface area (Å²) in [6.07, 6.45) is 1.53. The van der Waals surface area contributed by atoms with Gasteiger partial charge in [0.2, 0.25) is 0 Å². The van der Waals surface area contributed by atoms with Crippen LogP contribution in [0, 0.1) is 5.92 Å². The summed E-state index contributed by atoms with van der Waals surface area (Å²) in [5, 5.41) is 14.6. The summed E-state index contributed by atoms with van der Waals surface area (Å²) in [7, 11) is 0. The van der Waals surface area contributed by atoms with Crippen LogP contribution in [0.3, 0.4) is 0 Å². The molecular formula is C30H29F3IN4O2-. The van der Waals surface area contributed by atoms with Crippen molar-refractivity contribution in [1.29, 1.82) is 0 Å². The number of nitrogens with zero attached hydrogens (tertiary/aromatic N) is 2. The molecule has 1 atom stereocenters. The number of aromatic nitrogens is 1. The van der Waals surface area contributed by atoms with Crippen molar-refractivity contribution in [3.63, 3.8) is 0 Å². The van der Waals surface area contributed by atoms with Crippen molar-refractivity contribution >= 4 is 17.3 Å². The third-order valence-electron chi connectivity index (χ3n) is 7.00. The first-order chi connectivity index (χ1) is 19.2. The molecule has 2 heterocycles. The molecule has 0 radical (unpaired) electrons. The number of benzene rings is 2. The van der Waals surface area contributed by atoms with Gasteiger partial charge in [0, 0.05) is 0 Å². The molecule has 2 aliphatic rings. The van der Waals surface area contributed by atoms with Crippen molar-refractivity contribution in [2.24, 2.45) is 11.7 Å². The zero-order valence-corrected chi connectivity index (χ0v) is 23.7. The van der Waals surface area contributed by atoms with Crippen LogP contribution < -0.4 is 35.6 Å². The number of nitrogens with two attached hydrogens (primary N) is 1. The van der Waals surface area contributed by atoms with Gasteiger partial charge in [0.1, 0.15) is 0 Å². The minimum atomic E-state index is -4.57. The average molecular weight is 661 g/mol. The number of carbonyl (C=O) groups is 1. The Hall–Kier alpha value is -3.22. The first-order valence-corrected chi connectivity index (χ1v) is 15.2. The summed E-state index contributed by atoms with van der Waals surface area (Å²) in [6.45, 7) is 0.265. The summed E-state index contributed by atoms with van der Waals surface area (Å²) in [4.78, 5) is 17.9. The molecule has 10 heteroatoms. The molecular weight excluding hydrogens is 632 g/mol.